The average Bonchev–Trinajstić information content (AvgIpc) is 3.13. The molecule has 0 fully saturated rings. The summed E-state index contributed by atoms with van der Waals surface area (Å²) in [6, 6.07) is 11.8. The number of aromatic nitrogens is 3. The third-order valence-electron chi connectivity index (χ3n) is 3.83. The highest BCUT2D eigenvalue weighted by atomic mass is 32.2. The van der Waals surface area contributed by atoms with Crippen molar-refractivity contribution in [3.8, 4) is 28.6 Å². The molecule has 1 aromatic heterocycles. The summed E-state index contributed by atoms with van der Waals surface area (Å²) >= 11 is 1.53. The summed E-state index contributed by atoms with van der Waals surface area (Å²) in [7, 11) is 2.92. The molecule has 0 bridgehead atoms. The van der Waals surface area contributed by atoms with Gasteiger partial charge in [-0.1, -0.05) is 0 Å². The molecular weight excluding hydrogens is 379 g/mol. The number of halogens is 3. The molecule has 27 heavy (non-hydrogen) atoms. The molecule has 0 spiro atoms. The Morgan fingerprint density at radius 1 is 1.00 bits per heavy atom. The van der Waals surface area contributed by atoms with Crippen molar-refractivity contribution in [2.75, 3.05) is 20.5 Å². The van der Waals surface area contributed by atoms with Crippen LogP contribution in [0.1, 0.15) is 5.82 Å². The number of methoxy groups -OCH3 is 2. The topological polar surface area (TPSA) is 49.2 Å². The van der Waals surface area contributed by atoms with Crippen LogP contribution in [-0.2, 0) is 6.18 Å². The van der Waals surface area contributed by atoms with Gasteiger partial charge in [-0.3, -0.25) is 0 Å². The van der Waals surface area contributed by atoms with E-state index in [4.69, 9.17) is 9.47 Å². The smallest absolute Gasteiger partial charge is 0.453 e. The first-order valence-corrected chi connectivity index (χ1v) is 9.01. The monoisotopic (exact) mass is 395 g/mol. The van der Waals surface area contributed by atoms with Gasteiger partial charge in [0, 0.05) is 11.0 Å². The fourth-order valence-electron chi connectivity index (χ4n) is 2.49. The predicted molar refractivity (Wildman–Crippen MR) is 96.7 cm³/mol. The fourth-order valence-corrected chi connectivity index (χ4v) is 2.90. The van der Waals surface area contributed by atoms with E-state index in [-0.39, 0.29) is 5.82 Å². The molecule has 2 aromatic carbocycles. The molecule has 0 saturated carbocycles. The van der Waals surface area contributed by atoms with Crippen LogP contribution in [0.2, 0.25) is 0 Å². The number of alkyl halides is 3. The SMILES string of the molecule is COc1ccc(-c2nc(C(F)(F)F)nn2-c2ccc(SC)cc2)c(OC)c1. The molecule has 0 aliphatic rings. The van der Waals surface area contributed by atoms with Gasteiger partial charge in [-0.25, -0.2) is 9.67 Å². The van der Waals surface area contributed by atoms with E-state index < -0.39 is 12.0 Å². The molecule has 1 heterocycles. The Bertz CT molecular complexity index is 940. The highest BCUT2D eigenvalue weighted by Crippen LogP contribution is 2.36. The molecular formula is C18H16F3N3O2S. The van der Waals surface area contributed by atoms with E-state index in [2.05, 4.69) is 10.1 Å². The lowest BCUT2D eigenvalue weighted by molar-refractivity contribution is -0.144. The zero-order valence-electron chi connectivity index (χ0n) is 14.7. The van der Waals surface area contributed by atoms with Crippen molar-refractivity contribution in [1.82, 2.24) is 14.8 Å². The normalized spacial score (nSPS) is 11.5. The molecule has 0 amide bonds. The van der Waals surface area contributed by atoms with Crippen LogP contribution in [0.5, 0.6) is 11.5 Å². The Hall–Kier alpha value is -2.68. The minimum Gasteiger partial charge on any atom is -0.497 e. The lowest BCUT2D eigenvalue weighted by Gasteiger charge is -2.11. The van der Waals surface area contributed by atoms with Crippen LogP contribution in [0.15, 0.2) is 47.4 Å². The lowest BCUT2D eigenvalue weighted by atomic mass is 10.1. The largest absolute Gasteiger partial charge is 0.497 e. The zero-order valence-corrected chi connectivity index (χ0v) is 15.6. The summed E-state index contributed by atoms with van der Waals surface area (Å²) in [5.41, 5.74) is 0.832. The maximum Gasteiger partial charge on any atom is 0.453 e. The third-order valence-corrected chi connectivity index (χ3v) is 4.57. The summed E-state index contributed by atoms with van der Waals surface area (Å²) in [5.74, 6) is -0.345. The van der Waals surface area contributed by atoms with Crippen molar-refractivity contribution in [3.63, 3.8) is 0 Å². The van der Waals surface area contributed by atoms with Gasteiger partial charge in [0.25, 0.3) is 5.82 Å². The molecule has 0 aliphatic heterocycles. The zero-order chi connectivity index (χ0) is 19.6. The quantitative estimate of drug-likeness (QED) is 0.587. The molecule has 0 N–H and O–H groups in total. The van der Waals surface area contributed by atoms with Gasteiger partial charge in [0.2, 0.25) is 0 Å². The minimum absolute atomic E-state index is 0.0266. The van der Waals surface area contributed by atoms with E-state index in [0.29, 0.717) is 22.7 Å². The predicted octanol–water partition coefficient (Wildman–Crippen LogP) is 4.69. The molecule has 5 nitrogen and oxygen atoms in total. The van der Waals surface area contributed by atoms with E-state index in [1.165, 1.54) is 26.0 Å². The van der Waals surface area contributed by atoms with Gasteiger partial charge in [0.1, 0.15) is 11.5 Å². The standard InChI is InChI=1S/C18H16F3N3O2S/c1-25-12-6-9-14(15(10-12)26-2)16-22-17(18(19,20)21)23-24(16)11-4-7-13(27-3)8-5-11/h4-10H,1-3H3. The molecule has 3 aromatic rings. The van der Waals surface area contributed by atoms with Crippen molar-refractivity contribution >= 4 is 11.8 Å². The van der Waals surface area contributed by atoms with Crippen molar-refractivity contribution in [1.29, 1.82) is 0 Å². The number of thioether (sulfide) groups is 1. The molecule has 0 unspecified atom stereocenters. The first-order chi connectivity index (χ1) is 12.9. The number of ether oxygens (including phenoxy) is 2. The number of hydrogen-bond acceptors (Lipinski definition) is 5. The van der Waals surface area contributed by atoms with Gasteiger partial charge in [0.05, 0.1) is 25.5 Å². The number of nitrogens with zero attached hydrogens (tertiary/aromatic N) is 3. The van der Waals surface area contributed by atoms with Gasteiger partial charge in [-0.05, 0) is 42.7 Å². The van der Waals surface area contributed by atoms with Crippen molar-refractivity contribution in [3.05, 3.63) is 48.3 Å². The highest BCUT2D eigenvalue weighted by Gasteiger charge is 2.37. The van der Waals surface area contributed by atoms with E-state index in [9.17, 15) is 13.2 Å². The van der Waals surface area contributed by atoms with Gasteiger partial charge < -0.3 is 9.47 Å². The summed E-state index contributed by atoms with van der Waals surface area (Å²) in [6.07, 6.45) is -2.75. The van der Waals surface area contributed by atoms with Crippen LogP contribution < -0.4 is 9.47 Å². The minimum atomic E-state index is -4.67. The molecule has 0 aliphatic carbocycles. The Labute approximate surface area is 158 Å². The molecule has 9 heteroatoms. The van der Waals surface area contributed by atoms with E-state index in [1.54, 1.807) is 30.3 Å². The Balaban J connectivity index is 2.20. The van der Waals surface area contributed by atoms with Crippen molar-refractivity contribution in [2.24, 2.45) is 0 Å². The molecule has 0 atom stereocenters. The first-order valence-electron chi connectivity index (χ1n) is 7.78. The maximum absolute atomic E-state index is 13.2. The van der Waals surface area contributed by atoms with E-state index >= 15 is 0 Å². The average molecular weight is 395 g/mol. The second-order valence-corrected chi connectivity index (χ2v) is 6.31. The maximum atomic E-state index is 13.2. The van der Waals surface area contributed by atoms with Crippen LogP contribution in [0.4, 0.5) is 13.2 Å². The van der Waals surface area contributed by atoms with E-state index in [0.717, 1.165) is 9.58 Å². The summed E-state index contributed by atoms with van der Waals surface area (Å²) in [4.78, 5) is 4.72. The Kier molecular flexibility index (Phi) is 5.31. The van der Waals surface area contributed by atoms with Crippen molar-refractivity contribution < 1.29 is 22.6 Å². The third kappa shape index (κ3) is 3.87. The van der Waals surface area contributed by atoms with Gasteiger partial charge in [0.15, 0.2) is 5.82 Å². The second kappa shape index (κ2) is 7.51. The fraction of sp³-hybridized carbons (Fsp3) is 0.222. The van der Waals surface area contributed by atoms with Crippen LogP contribution in [0.25, 0.3) is 17.1 Å². The second-order valence-electron chi connectivity index (χ2n) is 5.43. The molecule has 0 radical (unpaired) electrons. The van der Waals surface area contributed by atoms with Crippen LogP contribution >= 0.6 is 11.8 Å². The van der Waals surface area contributed by atoms with Crippen molar-refractivity contribution in [2.45, 2.75) is 11.1 Å². The number of benzene rings is 2. The summed E-state index contributed by atoms with van der Waals surface area (Å²) in [6.45, 7) is 0. The molecule has 3 rings (SSSR count). The summed E-state index contributed by atoms with van der Waals surface area (Å²) < 4.78 is 51.3. The highest BCUT2D eigenvalue weighted by molar-refractivity contribution is 7.98. The number of rotatable bonds is 5. The van der Waals surface area contributed by atoms with Crippen LogP contribution in [0, 0.1) is 0 Å². The van der Waals surface area contributed by atoms with Gasteiger partial charge in [-0.15, -0.1) is 16.9 Å². The first kappa shape index (κ1) is 19.1. The van der Waals surface area contributed by atoms with Gasteiger partial charge in [-0.2, -0.15) is 13.2 Å². The summed E-state index contributed by atoms with van der Waals surface area (Å²) in [5, 5.41) is 3.69. The lowest BCUT2D eigenvalue weighted by Crippen LogP contribution is -2.08. The Morgan fingerprint density at radius 2 is 1.70 bits per heavy atom. The molecule has 142 valence electrons. The Morgan fingerprint density at radius 3 is 2.26 bits per heavy atom. The van der Waals surface area contributed by atoms with Gasteiger partial charge >= 0.3 is 6.18 Å². The van der Waals surface area contributed by atoms with Crippen LogP contribution in [0.3, 0.4) is 0 Å². The molecule has 0 saturated heterocycles. The number of hydrogen-bond donors (Lipinski definition) is 0. The van der Waals surface area contributed by atoms with E-state index in [1.807, 2.05) is 18.4 Å². The van der Waals surface area contributed by atoms with Crippen LogP contribution in [-0.4, -0.2) is 35.2 Å².